The summed E-state index contributed by atoms with van der Waals surface area (Å²) in [5.41, 5.74) is 1.41. The molecule has 0 unspecified atom stereocenters. The Morgan fingerprint density at radius 2 is 1.72 bits per heavy atom. The van der Waals surface area contributed by atoms with E-state index in [9.17, 15) is 0 Å². The van der Waals surface area contributed by atoms with E-state index in [2.05, 4.69) is 56.2 Å². The lowest BCUT2D eigenvalue weighted by molar-refractivity contribution is -0.905. The number of benzene rings is 1. The summed E-state index contributed by atoms with van der Waals surface area (Å²) >= 11 is 2.11. The molecule has 0 radical (unpaired) electrons. The first-order valence-electron chi connectivity index (χ1n) is 9.82. The fraction of sp³-hybridized carbons (Fsp3) is 0.714. The zero-order valence-corrected chi connectivity index (χ0v) is 18.6. The van der Waals surface area contributed by atoms with Crippen LogP contribution in [0.2, 0.25) is 0 Å². The second-order valence-electron chi connectivity index (χ2n) is 8.55. The van der Waals surface area contributed by atoms with Gasteiger partial charge in [0.05, 0.1) is 20.6 Å². The number of quaternary nitrogens is 1. The van der Waals surface area contributed by atoms with Gasteiger partial charge in [-0.05, 0) is 18.4 Å². The first-order valence-corrected chi connectivity index (χ1v) is 10.8. The van der Waals surface area contributed by atoms with Crippen LogP contribution >= 0.6 is 11.8 Å². The van der Waals surface area contributed by atoms with Crippen LogP contribution in [0.5, 0.6) is 0 Å². The molecular formula is C21H32INOS. The number of halogens is 1. The smallest absolute Gasteiger partial charge is 0.142 e. The Kier molecular flexibility index (Phi) is 6.45. The summed E-state index contributed by atoms with van der Waals surface area (Å²) in [6.45, 7) is 1.30. The topological polar surface area (TPSA) is 9.23 Å². The predicted octanol–water partition coefficient (Wildman–Crippen LogP) is 1.79. The highest BCUT2D eigenvalue weighted by Gasteiger charge is 2.53. The van der Waals surface area contributed by atoms with Crippen LogP contribution in [0, 0.1) is 5.92 Å². The van der Waals surface area contributed by atoms with E-state index < -0.39 is 0 Å². The van der Waals surface area contributed by atoms with Crippen molar-refractivity contribution >= 4 is 11.8 Å². The Morgan fingerprint density at radius 3 is 2.36 bits per heavy atom. The molecule has 140 valence electrons. The van der Waals surface area contributed by atoms with Gasteiger partial charge >= 0.3 is 0 Å². The van der Waals surface area contributed by atoms with E-state index in [0.717, 1.165) is 10.2 Å². The highest BCUT2D eigenvalue weighted by molar-refractivity contribution is 8.00. The molecule has 0 N–H and O–H groups in total. The van der Waals surface area contributed by atoms with Crippen molar-refractivity contribution in [1.29, 1.82) is 0 Å². The summed E-state index contributed by atoms with van der Waals surface area (Å²) < 4.78 is 8.18. The summed E-state index contributed by atoms with van der Waals surface area (Å²) in [7, 11) is 4.80. The molecule has 1 aromatic carbocycles. The molecule has 3 atom stereocenters. The molecule has 3 aliphatic rings. The van der Waals surface area contributed by atoms with E-state index in [0.29, 0.717) is 18.1 Å². The maximum atomic E-state index is 7.04. The van der Waals surface area contributed by atoms with Crippen molar-refractivity contribution in [3.8, 4) is 0 Å². The van der Waals surface area contributed by atoms with E-state index in [-0.39, 0.29) is 28.9 Å². The van der Waals surface area contributed by atoms with Crippen LogP contribution in [-0.4, -0.2) is 43.0 Å². The quantitative estimate of drug-likeness (QED) is 0.489. The Bertz CT molecular complexity index is 560. The summed E-state index contributed by atoms with van der Waals surface area (Å²) in [4.78, 5) is -0.0884. The van der Waals surface area contributed by atoms with Gasteiger partial charge in [-0.25, -0.2) is 0 Å². The van der Waals surface area contributed by atoms with Gasteiger partial charge in [-0.2, -0.15) is 0 Å². The van der Waals surface area contributed by atoms with E-state index in [1.165, 1.54) is 57.1 Å². The predicted molar refractivity (Wildman–Crippen MR) is 102 cm³/mol. The number of rotatable bonds is 3. The average molecular weight is 473 g/mol. The zero-order chi connectivity index (χ0) is 16.6. The van der Waals surface area contributed by atoms with Gasteiger partial charge < -0.3 is 33.2 Å². The van der Waals surface area contributed by atoms with Gasteiger partial charge in [0.25, 0.3) is 0 Å². The molecule has 0 amide bonds. The van der Waals surface area contributed by atoms with Crippen molar-refractivity contribution in [3.63, 3.8) is 0 Å². The van der Waals surface area contributed by atoms with Crippen LogP contribution in [-0.2, 0) is 9.67 Å². The molecule has 4 rings (SSSR count). The number of hydrogen-bond donors (Lipinski definition) is 0. The Hall–Kier alpha value is 0.220. The maximum Gasteiger partial charge on any atom is 0.142 e. The van der Waals surface area contributed by atoms with Gasteiger partial charge in [-0.15, -0.1) is 11.8 Å². The largest absolute Gasteiger partial charge is 1.00 e. The van der Waals surface area contributed by atoms with Gasteiger partial charge in [-0.1, -0.05) is 49.6 Å². The molecule has 3 fully saturated rings. The normalized spacial score (nSPS) is 35.4. The van der Waals surface area contributed by atoms with Gasteiger partial charge in [0, 0.05) is 24.5 Å². The van der Waals surface area contributed by atoms with Crippen LogP contribution in [0.15, 0.2) is 30.3 Å². The Morgan fingerprint density at radius 1 is 1.00 bits per heavy atom. The third-order valence-corrected chi connectivity index (χ3v) is 8.26. The molecule has 1 aromatic rings. The highest BCUT2D eigenvalue weighted by atomic mass is 127. The van der Waals surface area contributed by atoms with E-state index >= 15 is 0 Å². The monoisotopic (exact) mass is 473 g/mol. The fourth-order valence-corrected chi connectivity index (χ4v) is 6.97. The van der Waals surface area contributed by atoms with Crippen molar-refractivity contribution in [3.05, 3.63) is 35.9 Å². The number of thioether (sulfide) groups is 1. The van der Waals surface area contributed by atoms with Crippen LogP contribution < -0.4 is 24.0 Å². The molecule has 0 bridgehead atoms. The van der Waals surface area contributed by atoms with E-state index in [1.807, 2.05) is 0 Å². The SMILES string of the molecule is C[N+]1(C)CCC[C@H]1[C@H]1CS[C@@](c2ccccc2)(C2CCCCC2)O1.[I-]. The highest BCUT2D eigenvalue weighted by Crippen LogP contribution is 2.55. The van der Waals surface area contributed by atoms with Crippen molar-refractivity contribution in [2.75, 3.05) is 26.4 Å². The minimum Gasteiger partial charge on any atom is -1.00 e. The first-order chi connectivity index (χ1) is 11.6. The van der Waals surface area contributed by atoms with Crippen molar-refractivity contribution in [2.45, 2.75) is 62.0 Å². The molecule has 2 heterocycles. The molecule has 0 aromatic heterocycles. The number of likely N-dealkylation sites (N-methyl/N-ethyl adjacent to an activating group) is 1. The summed E-state index contributed by atoms with van der Waals surface area (Å²) in [6.07, 6.45) is 9.90. The second kappa shape index (κ2) is 8.07. The molecule has 2 nitrogen and oxygen atoms in total. The van der Waals surface area contributed by atoms with Gasteiger partial charge in [-0.3, -0.25) is 0 Å². The first kappa shape index (κ1) is 20.0. The summed E-state index contributed by atoms with van der Waals surface area (Å²) in [5, 5.41) is 0. The van der Waals surface area contributed by atoms with E-state index in [4.69, 9.17) is 4.74 Å². The van der Waals surface area contributed by atoms with Crippen LogP contribution in [0.25, 0.3) is 0 Å². The van der Waals surface area contributed by atoms with Crippen molar-refractivity contribution < 1.29 is 33.2 Å². The number of likely N-dealkylation sites (tertiary alicyclic amines) is 1. The zero-order valence-electron chi connectivity index (χ0n) is 15.6. The number of ether oxygens (including phenoxy) is 1. The Balaban J connectivity index is 0.00000182. The fourth-order valence-electron chi connectivity index (χ4n) is 5.30. The summed E-state index contributed by atoms with van der Waals surface area (Å²) in [6, 6.07) is 11.8. The molecule has 4 heteroatoms. The molecule has 2 aliphatic heterocycles. The van der Waals surface area contributed by atoms with E-state index in [1.54, 1.807) is 0 Å². The number of hydrogen-bond acceptors (Lipinski definition) is 2. The molecule has 25 heavy (non-hydrogen) atoms. The van der Waals surface area contributed by atoms with Gasteiger partial charge in [0.1, 0.15) is 17.1 Å². The van der Waals surface area contributed by atoms with Crippen LogP contribution in [0.4, 0.5) is 0 Å². The van der Waals surface area contributed by atoms with Crippen LogP contribution in [0.1, 0.15) is 50.5 Å². The second-order valence-corrected chi connectivity index (χ2v) is 9.78. The lowest BCUT2D eigenvalue weighted by Gasteiger charge is -2.41. The summed E-state index contributed by atoms with van der Waals surface area (Å²) in [5.74, 6) is 1.85. The van der Waals surface area contributed by atoms with Crippen molar-refractivity contribution in [2.24, 2.45) is 5.92 Å². The lowest BCUT2D eigenvalue weighted by Crippen LogP contribution is -3.00. The standard InChI is InChI=1S/C21H32NOS.HI/c1-22(2)15-9-14-19(22)20-16-24-21(23-20,17-10-5-3-6-11-17)18-12-7-4-8-13-18;/h3,5-6,10-11,18-20H,4,7-9,12-16H2,1-2H3;1H/q+1;/p-1/t19-,20+,21-;/m0./s1. The van der Waals surface area contributed by atoms with Crippen molar-refractivity contribution in [1.82, 2.24) is 0 Å². The molecule has 1 saturated carbocycles. The minimum atomic E-state index is -0.0884. The van der Waals surface area contributed by atoms with Gasteiger partial charge in [0.2, 0.25) is 0 Å². The maximum absolute atomic E-state index is 7.04. The molecule has 1 aliphatic carbocycles. The molecular weight excluding hydrogens is 441 g/mol. The number of nitrogens with zero attached hydrogens (tertiary/aromatic N) is 1. The lowest BCUT2D eigenvalue weighted by atomic mass is 9.82. The average Bonchev–Trinajstić information content (AvgIpc) is 3.20. The van der Waals surface area contributed by atoms with Gasteiger partial charge in [0.15, 0.2) is 0 Å². The third kappa shape index (κ3) is 3.78. The molecule has 2 saturated heterocycles. The third-order valence-electron chi connectivity index (χ3n) is 6.67. The molecule has 0 spiro atoms. The minimum absolute atomic E-state index is 0. The van der Waals surface area contributed by atoms with Crippen LogP contribution in [0.3, 0.4) is 0 Å². The Labute approximate surface area is 174 Å².